The number of nitrogens with one attached hydrogen (secondary N) is 1. The van der Waals surface area contributed by atoms with E-state index in [1.165, 1.54) is 18.9 Å². The Hall–Kier alpha value is -3.27. The van der Waals surface area contributed by atoms with Crippen LogP contribution in [-0.4, -0.2) is 127 Å². The Labute approximate surface area is 356 Å². The summed E-state index contributed by atoms with van der Waals surface area (Å²) in [7, 11) is 4.64. The number of aliphatic hydroxyl groups is 2. The predicted octanol–water partition coefficient (Wildman–Crippen LogP) is 4.78. The SMILES string of the molecule is C=CCC1C=C(C)CC(C)CC(OC)C2OC(NC(C)=O)(C(=O)C(=O)N3CCCCC3C(=O)OC(C(C)=CC3CCC(O)C(OC)C3)C(C)C(O)CC1=O)C(C)CC2OC. The highest BCUT2D eigenvalue weighted by molar-refractivity contribution is 6.39. The molecule has 3 aliphatic heterocycles. The number of carbonyl (C=O) groups is 5. The van der Waals surface area contributed by atoms with E-state index in [9.17, 15) is 34.2 Å². The Kier molecular flexibility index (Phi) is 18.3. The van der Waals surface area contributed by atoms with E-state index < -0.39 is 89.7 Å². The van der Waals surface area contributed by atoms with Gasteiger partial charge in [-0.15, -0.1) is 6.58 Å². The second-order valence-corrected chi connectivity index (χ2v) is 18.0. The average molecular weight is 845 g/mol. The number of nitrogens with zero attached hydrogens (tertiary/aromatic N) is 1. The fourth-order valence-electron chi connectivity index (χ4n) is 9.91. The van der Waals surface area contributed by atoms with E-state index >= 15 is 0 Å². The molecule has 14 nitrogen and oxygen atoms in total. The second kappa shape index (κ2) is 22.2. The largest absolute Gasteiger partial charge is 0.456 e. The van der Waals surface area contributed by atoms with Crippen molar-refractivity contribution in [3.05, 3.63) is 36.0 Å². The molecule has 14 heteroatoms. The molecule has 1 saturated carbocycles. The molecule has 3 fully saturated rings. The standard InChI is InChI=1S/C46H72N2O12/c1-11-14-33-20-26(2)19-27(3)21-39(57-9)42-40(58-10)23-29(5)46(60-42,47-31(7)49)43(53)44(54)48-18-13-12-15-34(48)45(55)59-41(30(6)36(51)25-37(33)52)28(4)22-32-16-17-35(50)38(24-32)56-8/h11,20,22,27,29-30,32-36,38-42,50-51H,1,12-19,21,23-25H2,2-10H3,(H,47,49). The molecule has 0 spiro atoms. The number of methoxy groups -OCH3 is 3. The number of Topliss-reactive ketones (excluding diaryl/α,β-unsaturated/α-hetero) is 2. The molecule has 14 atom stereocenters. The lowest BCUT2D eigenvalue weighted by atomic mass is 9.80. The molecule has 60 heavy (non-hydrogen) atoms. The number of allylic oxidation sites excluding steroid dienone is 4. The molecule has 3 N–H and O–H groups in total. The molecule has 0 aromatic rings. The van der Waals surface area contributed by atoms with Crippen LogP contribution in [0.1, 0.15) is 112 Å². The van der Waals surface area contributed by atoms with Crippen molar-refractivity contribution in [1.82, 2.24) is 10.2 Å². The molecule has 1 aliphatic carbocycles. The number of esters is 1. The molecule has 0 aromatic heterocycles. The van der Waals surface area contributed by atoms with Crippen molar-refractivity contribution in [3.8, 4) is 0 Å². The van der Waals surface area contributed by atoms with Crippen LogP contribution < -0.4 is 5.32 Å². The molecular formula is C46H72N2O12. The molecule has 0 aromatic carbocycles. The van der Waals surface area contributed by atoms with E-state index in [1.54, 1.807) is 34.1 Å². The third-order valence-corrected chi connectivity index (χ3v) is 13.3. The van der Waals surface area contributed by atoms with Gasteiger partial charge in [0.25, 0.3) is 11.7 Å². The van der Waals surface area contributed by atoms with Gasteiger partial charge in [-0.25, -0.2) is 4.79 Å². The zero-order valence-electron chi connectivity index (χ0n) is 37.4. The van der Waals surface area contributed by atoms with Crippen LogP contribution in [0.3, 0.4) is 0 Å². The fourth-order valence-corrected chi connectivity index (χ4v) is 9.91. The quantitative estimate of drug-likeness (QED) is 0.173. The number of ketones is 2. The minimum atomic E-state index is -2.09. The average Bonchev–Trinajstić information content (AvgIpc) is 3.21. The number of rotatable bonds is 8. The first-order valence-electron chi connectivity index (χ1n) is 21.9. The molecule has 2 amide bonds. The first kappa shape index (κ1) is 49.4. The number of cyclic esters (lactones) is 1. The maximum Gasteiger partial charge on any atom is 0.329 e. The number of hydrogen-bond donors (Lipinski definition) is 3. The number of amides is 2. The van der Waals surface area contributed by atoms with Crippen LogP contribution >= 0.6 is 0 Å². The number of carbonyl (C=O) groups excluding carboxylic acids is 5. The predicted molar refractivity (Wildman–Crippen MR) is 224 cm³/mol. The Morgan fingerprint density at radius 1 is 0.933 bits per heavy atom. The molecule has 14 unspecified atom stereocenters. The summed E-state index contributed by atoms with van der Waals surface area (Å²) in [4.78, 5) is 72.0. The van der Waals surface area contributed by atoms with E-state index in [1.807, 2.05) is 32.9 Å². The van der Waals surface area contributed by atoms with Crippen LogP contribution in [0, 0.1) is 29.6 Å². The zero-order valence-corrected chi connectivity index (χ0v) is 37.4. The molecule has 0 radical (unpaired) electrons. The number of aliphatic hydroxyl groups excluding tert-OH is 2. The van der Waals surface area contributed by atoms with Crippen molar-refractivity contribution in [2.45, 2.75) is 167 Å². The maximum atomic E-state index is 14.8. The second-order valence-electron chi connectivity index (χ2n) is 18.0. The highest BCUT2D eigenvalue weighted by Gasteiger charge is 2.58. The van der Waals surface area contributed by atoms with Gasteiger partial charge in [0.15, 0.2) is 0 Å². The van der Waals surface area contributed by atoms with Crippen molar-refractivity contribution in [3.63, 3.8) is 0 Å². The van der Waals surface area contributed by atoms with Gasteiger partial charge in [0.2, 0.25) is 11.6 Å². The Morgan fingerprint density at radius 2 is 1.60 bits per heavy atom. The van der Waals surface area contributed by atoms with Crippen LogP contribution in [0.5, 0.6) is 0 Å². The molecule has 4 rings (SSSR count). The highest BCUT2D eigenvalue weighted by Crippen LogP contribution is 2.39. The summed E-state index contributed by atoms with van der Waals surface area (Å²) in [5, 5.41) is 24.9. The van der Waals surface area contributed by atoms with Crippen LogP contribution in [0.15, 0.2) is 36.0 Å². The lowest BCUT2D eigenvalue weighted by Gasteiger charge is -2.49. The van der Waals surface area contributed by atoms with Gasteiger partial charge in [-0.05, 0) is 95.5 Å². The molecule has 2 bridgehead atoms. The molecule has 3 heterocycles. The van der Waals surface area contributed by atoms with Crippen molar-refractivity contribution < 1.29 is 57.9 Å². The molecular weight excluding hydrogens is 773 g/mol. The van der Waals surface area contributed by atoms with Crippen LogP contribution in [0.25, 0.3) is 0 Å². The minimum Gasteiger partial charge on any atom is -0.456 e. The summed E-state index contributed by atoms with van der Waals surface area (Å²) in [5.41, 5.74) is -0.486. The number of ether oxygens (including phenoxy) is 5. The number of piperidine rings is 1. The number of fused-ring (bicyclic) bond motifs is 3. The third kappa shape index (κ3) is 11.8. The molecule has 2 saturated heterocycles. The van der Waals surface area contributed by atoms with Gasteiger partial charge < -0.3 is 44.1 Å². The van der Waals surface area contributed by atoms with Gasteiger partial charge >= 0.3 is 5.97 Å². The topological polar surface area (TPSA) is 187 Å². The fraction of sp³-hybridized carbons (Fsp3) is 0.761. The maximum absolute atomic E-state index is 14.8. The first-order chi connectivity index (χ1) is 28.4. The van der Waals surface area contributed by atoms with Crippen molar-refractivity contribution in [1.29, 1.82) is 0 Å². The summed E-state index contributed by atoms with van der Waals surface area (Å²) in [6.07, 6.45) is 4.91. The Bertz CT molecular complexity index is 1600. The number of hydrogen-bond acceptors (Lipinski definition) is 12. The Balaban J connectivity index is 1.83. The summed E-state index contributed by atoms with van der Waals surface area (Å²) in [6.45, 7) is 14.5. The van der Waals surface area contributed by atoms with Gasteiger partial charge in [-0.1, -0.05) is 44.6 Å². The van der Waals surface area contributed by atoms with Crippen LogP contribution in [0.4, 0.5) is 0 Å². The summed E-state index contributed by atoms with van der Waals surface area (Å²) >= 11 is 0. The van der Waals surface area contributed by atoms with Gasteiger partial charge in [0, 0.05) is 59.0 Å². The third-order valence-electron chi connectivity index (χ3n) is 13.3. The minimum absolute atomic E-state index is 0.00209. The lowest BCUT2D eigenvalue weighted by Crippen LogP contribution is -2.70. The van der Waals surface area contributed by atoms with Crippen molar-refractivity contribution in [2.75, 3.05) is 27.9 Å². The normalized spacial score (nSPS) is 38.5. The Morgan fingerprint density at radius 3 is 2.23 bits per heavy atom. The van der Waals surface area contributed by atoms with Crippen molar-refractivity contribution >= 4 is 29.4 Å². The first-order valence-corrected chi connectivity index (χ1v) is 21.9. The van der Waals surface area contributed by atoms with Crippen LogP contribution in [0.2, 0.25) is 0 Å². The molecule has 338 valence electrons. The van der Waals surface area contributed by atoms with E-state index in [0.29, 0.717) is 56.9 Å². The lowest BCUT2D eigenvalue weighted by molar-refractivity contribution is -0.242. The van der Waals surface area contributed by atoms with Gasteiger partial charge in [0.1, 0.15) is 24.0 Å². The van der Waals surface area contributed by atoms with E-state index in [2.05, 4.69) is 11.9 Å². The van der Waals surface area contributed by atoms with Crippen molar-refractivity contribution in [2.24, 2.45) is 29.6 Å². The van der Waals surface area contributed by atoms with E-state index in [4.69, 9.17) is 23.7 Å². The summed E-state index contributed by atoms with van der Waals surface area (Å²) in [5.74, 6) is -5.54. The summed E-state index contributed by atoms with van der Waals surface area (Å²) in [6, 6.07) is -1.15. The monoisotopic (exact) mass is 845 g/mol. The van der Waals surface area contributed by atoms with Gasteiger partial charge in [-0.3, -0.25) is 19.2 Å². The van der Waals surface area contributed by atoms with Crippen LogP contribution in [-0.2, 0) is 47.7 Å². The zero-order chi connectivity index (χ0) is 44.5. The molecule has 4 aliphatic rings. The van der Waals surface area contributed by atoms with E-state index in [0.717, 1.165) is 5.57 Å². The summed E-state index contributed by atoms with van der Waals surface area (Å²) < 4.78 is 30.5. The van der Waals surface area contributed by atoms with Gasteiger partial charge in [0.05, 0.1) is 30.5 Å². The smallest absolute Gasteiger partial charge is 0.329 e. The van der Waals surface area contributed by atoms with Gasteiger partial charge in [-0.2, -0.15) is 0 Å². The highest BCUT2D eigenvalue weighted by atomic mass is 16.6. The van der Waals surface area contributed by atoms with E-state index in [-0.39, 0.29) is 49.5 Å².